The van der Waals surface area contributed by atoms with E-state index in [1.54, 1.807) is 30.1 Å². The van der Waals surface area contributed by atoms with Gasteiger partial charge in [-0.2, -0.15) is 5.10 Å². The zero-order valence-electron chi connectivity index (χ0n) is 17.9. The summed E-state index contributed by atoms with van der Waals surface area (Å²) in [5, 5.41) is 6.73. The van der Waals surface area contributed by atoms with Crippen LogP contribution in [-0.2, 0) is 26.2 Å². The molecule has 0 saturated carbocycles. The molecule has 0 bridgehead atoms. The van der Waals surface area contributed by atoms with Crippen LogP contribution in [-0.4, -0.2) is 55.0 Å². The molecule has 10 heteroatoms. The average molecular weight is 456 g/mol. The van der Waals surface area contributed by atoms with Crippen molar-refractivity contribution in [3.63, 3.8) is 0 Å². The molecule has 32 heavy (non-hydrogen) atoms. The summed E-state index contributed by atoms with van der Waals surface area (Å²) in [6.45, 7) is 1.47. The number of benzene rings is 2. The molecule has 168 valence electrons. The Morgan fingerprint density at radius 3 is 2.41 bits per heavy atom. The lowest BCUT2D eigenvalue weighted by Crippen LogP contribution is -2.42. The number of carbonyl (C=O) groups is 2. The standard InChI is InChI=1S/C22H25N5O4S/c1-17-8-10-20(11-9-17)32(30,31)25-13-21(28)23-14-22(29)26(2)15-18-12-24-27(16-18)19-6-4-3-5-7-19/h3-12,16,25H,13-15H2,1-2H3,(H,23,28). The summed E-state index contributed by atoms with van der Waals surface area (Å²) < 4.78 is 28.4. The van der Waals surface area contributed by atoms with E-state index in [1.807, 2.05) is 43.5 Å². The van der Waals surface area contributed by atoms with Crippen LogP contribution in [0.4, 0.5) is 0 Å². The van der Waals surface area contributed by atoms with Crippen LogP contribution in [0.5, 0.6) is 0 Å². The molecule has 2 amide bonds. The third-order valence-corrected chi connectivity index (χ3v) is 6.11. The second kappa shape index (κ2) is 10.2. The predicted molar refractivity (Wildman–Crippen MR) is 119 cm³/mol. The molecule has 1 aromatic heterocycles. The van der Waals surface area contributed by atoms with Crippen molar-refractivity contribution in [2.45, 2.75) is 18.4 Å². The number of amides is 2. The number of aryl methyl sites for hydroxylation is 1. The van der Waals surface area contributed by atoms with Gasteiger partial charge in [0.05, 0.1) is 29.9 Å². The second-order valence-corrected chi connectivity index (χ2v) is 9.06. The molecule has 0 aliphatic heterocycles. The molecule has 0 unspecified atom stereocenters. The number of nitrogens with one attached hydrogen (secondary N) is 2. The molecular weight excluding hydrogens is 430 g/mol. The Bertz CT molecular complexity index is 1170. The monoisotopic (exact) mass is 455 g/mol. The molecule has 0 fully saturated rings. The molecule has 0 radical (unpaired) electrons. The van der Waals surface area contributed by atoms with Crippen LogP contribution in [0.2, 0.25) is 0 Å². The molecule has 0 atom stereocenters. The number of nitrogens with zero attached hydrogens (tertiary/aromatic N) is 3. The maximum absolute atomic E-state index is 12.3. The zero-order valence-corrected chi connectivity index (χ0v) is 18.7. The number of rotatable bonds is 9. The van der Waals surface area contributed by atoms with E-state index in [9.17, 15) is 18.0 Å². The Kier molecular flexibility index (Phi) is 7.39. The van der Waals surface area contributed by atoms with E-state index in [-0.39, 0.29) is 17.3 Å². The normalized spacial score (nSPS) is 11.2. The van der Waals surface area contributed by atoms with Gasteiger partial charge in [0.2, 0.25) is 21.8 Å². The minimum atomic E-state index is -3.80. The molecule has 1 heterocycles. The highest BCUT2D eigenvalue weighted by molar-refractivity contribution is 7.89. The van der Waals surface area contributed by atoms with Gasteiger partial charge in [-0.3, -0.25) is 9.59 Å². The predicted octanol–water partition coefficient (Wildman–Crippen LogP) is 1.23. The van der Waals surface area contributed by atoms with E-state index < -0.39 is 22.5 Å². The van der Waals surface area contributed by atoms with E-state index in [0.29, 0.717) is 6.54 Å². The first-order valence-corrected chi connectivity index (χ1v) is 11.4. The van der Waals surface area contributed by atoms with Crippen molar-refractivity contribution in [3.8, 4) is 5.69 Å². The summed E-state index contributed by atoms with van der Waals surface area (Å²) in [4.78, 5) is 25.9. The summed E-state index contributed by atoms with van der Waals surface area (Å²) in [5.74, 6) is -0.911. The third-order valence-electron chi connectivity index (χ3n) is 4.69. The van der Waals surface area contributed by atoms with E-state index in [2.05, 4.69) is 15.1 Å². The summed E-state index contributed by atoms with van der Waals surface area (Å²) >= 11 is 0. The lowest BCUT2D eigenvalue weighted by molar-refractivity contribution is -0.132. The highest BCUT2D eigenvalue weighted by atomic mass is 32.2. The molecule has 2 N–H and O–H groups in total. The van der Waals surface area contributed by atoms with E-state index in [4.69, 9.17) is 0 Å². The second-order valence-electron chi connectivity index (χ2n) is 7.29. The maximum Gasteiger partial charge on any atom is 0.242 e. The van der Waals surface area contributed by atoms with Gasteiger partial charge < -0.3 is 10.2 Å². The minimum Gasteiger partial charge on any atom is -0.346 e. The number of carbonyl (C=O) groups excluding carboxylic acids is 2. The number of sulfonamides is 1. The van der Waals surface area contributed by atoms with Crippen LogP contribution in [0.3, 0.4) is 0 Å². The highest BCUT2D eigenvalue weighted by Gasteiger charge is 2.16. The Morgan fingerprint density at radius 2 is 1.72 bits per heavy atom. The van der Waals surface area contributed by atoms with Crippen molar-refractivity contribution in [1.29, 1.82) is 0 Å². The van der Waals surface area contributed by atoms with Gasteiger partial charge in [0.15, 0.2) is 0 Å². The van der Waals surface area contributed by atoms with Crippen LogP contribution >= 0.6 is 0 Å². The van der Waals surface area contributed by atoms with Crippen LogP contribution in [0.1, 0.15) is 11.1 Å². The fraction of sp³-hybridized carbons (Fsp3) is 0.227. The molecule has 0 saturated heterocycles. The zero-order chi connectivity index (χ0) is 23.1. The molecular formula is C22H25N5O4S. The first-order chi connectivity index (χ1) is 15.2. The van der Waals surface area contributed by atoms with E-state index >= 15 is 0 Å². The van der Waals surface area contributed by atoms with Crippen molar-refractivity contribution in [2.24, 2.45) is 0 Å². The lowest BCUT2D eigenvalue weighted by atomic mass is 10.2. The molecule has 3 rings (SSSR count). The van der Waals surface area contributed by atoms with E-state index in [0.717, 1.165) is 16.8 Å². The molecule has 0 aliphatic rings. The Labute approximate surface area is 187 Å². The summed E-state index contributed by atoms with van der Waals surface area (Å²) in [6, 6.07) is 15.9. The summed E-state index contributed by atoms with van der Waals surface area (Å²) in [6.07, 6.45) is 3.51. The number of para-hydroxylation sites is 1. The quantitative estimate of drug-likeness (QED) is 0.504. The van der Waals surface area contributed by atoms with Gasteiger partial charge >= 0.3 is 0 Å². The number of hydrogen-bond acceptors (Lipinski definition) is 5. The first kappa shape index (κ1) is 23.2. The highest BCUT2D eigenvalue weighted by Crippen LogP contribution is 2.10. The number of hydrogen-bond donors (Lipinski definition) is 2. The molecule has 0 aliphatic carbocycles. The van der Waals surface area contributed by atoms with Gasteiger partial charge in [-0.15, -0.1) is 0 Å². The lowest BCUT2D eigenvalue weighted by Gasteiger charge is -2.16. The molecule has 9 nitrogen and oxygen atoms in total. The van der Waals surface area contributed by atoms with Crippen LogP contribution in [0, 0.1) is 6.92 Å². The Morgan fingerprint density at radius 1 is 1.03 bits per heavy atom. The molecule has 0 spiro atoms. The smallest absolute Gasteiger partial charge is 0.242 e. The van der Waals surface area contributed by atoms with Gasteiger partial charge in [0, 0.05) is 25.4 Å². The van der Waals surface area contributed by atoms with Crippen LogP contribution < -0.4 is 10.0 Å². The van der Waals surface area contributed by atoms with Crippen LogP contribution in [0.25, 0.3) is 5.69 Å². The maximum atomic E-state index is 12.3. The first-order valence-electron chi connectivity index (χ1n) is 9.90. The van der Waals surface area contributed by atoms with Gasteiger partial charge in [-0.25, -0.2) is 17.8 Å². The van der Waals surface area contributed by atoms with Crippen molar-refractivity contribution < 1.29 is 18.0 Å². The number of aromatic nitrogens is 2. The largest absolute Gasteiger partial charge is 0.346 e. The van der Waals surface area contributed by atoms with E-state index in [1.165, 1.54) is 17.0 Å². The van der Waals surface area contributed by atoms with Gasteiger partial charge in [0.1, 0.15) is 0 Å². The fourth-order valence-electron chi connectivity index (χ4n) is 2.86. The Balaban J connectivity index is 1.45. The van der Waals surface area contributed by atoms with Crippen molar-refractivity contribution in [1.82, 2.24) is 24.7 Å². The van der Waals surface area contributed by atoms with Crippen LogP contribution in [0.15, 0.2) is 71.9 Å². The van der Waals surface area contributed by atoms with Gasteiger partial charge in [0.25, 0.3) is 0 Å². The third kappa shape index (κ3) is 6.25. The summed E-state index contributed by atoms with van der Waals surface area (Å²) in [5.41, 5.74) is 2.67. The van der Waals surface area contributed by atoms with Crippen molar-refractivity contribution in [2.75, 3.05) is 20.1 Å². The van der Waals surface area contributed by atoms with Crippen molar-refractivity contribution >= 4 is 21.8 Å². The fourth-order valence-corrected chi connectivity index (χ4v) is 3.84. The average Bonchev–Trinajstić information content (AvgIpc) is 3.25. The molecule has 2 aromatic carbocycles. The molecule has 3 aromatic rings. The topological polar surface area (TPSA) is 113 Å². The minimum absolute atomic E-state index is 0.0720. The van der Waals surface area contributed by atoms with Gasteiger partial charge in [-0.05, 0) is 31.2 Å². The van der Waals surface area contributed by atoms with Crippen molar-refractivity contribution in [3.05, 3.63) is 78.1 Å². The summed E-state index contributed by atoms with van der Waals surface area (Å²) in [7, 11) is -2.18. The Hall–Kier alpha value is -3.50. The van der Waals surface area contributed by atoms with Gasteiger partial charge in [-0.1, -0.05) is 35.9 Å². The SMILES string of the molecule is Cc1ccc(S(=O)(=O)NCC(=O)NCC(=O)N(C)Cc2cnn(-c3ccccc3)c2)cc1. The number of likely N-dealkylation sites (N-methyl/N-ethyl adjacent to an activating group) is 1.